The van der Waals surface area contributed by atoms with Crippen molar-refractivity contribution in [1.82, 2.24) is 10.6 Å². The number of amides is 3. The third kappa shape index (κ3) is 5.92. The van der Waals surface area contributed by atoms with Gasteiger partial charge in [-0.2, -0.15) is 0 Å². The van der Waals surface area contributed by atoms with Crippen LogP contribution in [0.15, 0.2) is 60.7 Å². The van der Waals surface area contributed by atoms with Crippen LogP contribution in [0.1, 0.15) is 56.1 Å². The van der Waals surface area contributed by atoms with Gasteiger partial charge in [0.2, 0.25) is 0 Å². The zero-order valence-electron chi connectivity index (χ0n) is 17.2. The second-order valence-electron chi connectivity index (χ2n) is 7.63. The van der Waals surface area contributed by atoms with Gasteiger partial charge in [0.05, 0.1) is 0 Å². The Morgan fingerprint density at radius 2 is 1.40 bits per heavy atom. The van der Waals surface area contributed by atoms with Gasteiger partial charge in [-0.05, 0) is 30.9 Å². The highest BCUT2D eigenvalue weighted by Gasteiger charge is 2.28. The molecule has 2 N–H and O–H groups in total. The Labute approximate surface area is 177 Å². The van der Waals surface area contributed by atoms with Crippen molar-refractivity contribution in [2.75, 3.05) is 0 Å². The first-order valence-corrected chi connectivity index (χ1v) is 10.5. The van der Waals surface area contributed by atoms with Gasteiger partial charge in [0.25, 0.3) is 5.91 Å². The molecular weight excluding hydrogens is 380 g/mol. The topological polar surface area (TPSA) is 84.5 Å². The summed E-state index contributed by atoms with van der Waals surface area (Å²) in [5, 5.41) is 5.11. The zero-order chi connectivity index (χ0) is 21.3. The van der Waals surface area contributed by atoms with E-state index in [1.54, 1.807) is 0 Å². The first-order chi connectivity index (χ1) is 14.5. The molecule has 0 unspecified atom stereocenters. The minimum atomic E-state index is -1.09. The second-order valence-corrected chi connectivity index (χ2v) is 7.63. The number of hydrogen-bond donors (Lipinski definition) is 2. The summed E-state index contributed by atoms with van der Waals surface area (Å²) in [5.74, 6) is -1.84. The first-order valence-electron chi connectivity index (χ1n) is 10.5. The molecule has 158 valence electrons. The number of imide groups is 1. The van der Waals surface area contributed by atoms with Crippen LogP contribution in [-0.2, 0) is 14.3 Å². The molecule has 0 bridgehead atoms. The van der Waals surface area contributed by atoms with Crippen LogP contribution in [0, 0.1) is 0 Å². The summed E-state index contributed by atoms with van der Waals surface area (Å²) in [5.41, 5.74) is 1.55. The van der Waals surface area contributed by atoms with Crippen molar-refractivity contribution in [3.8, 4) is 0 Å². The Kier molecular flexibility index (Phi) is 7.60. The molecule has 2 aromatic rings. The Morgan fingerprint density at radius 3 is 1.93 bits per heavy atom. The van der Waals surface area contributed by atoms with Crippen LogP contribution in [0.5, 0.6) is 0 Å². The Bertz CT molecular complexity index is 809. The summed E-state index contributed by atoms with van der Waals surface area (Å²) in [6, 6.07) is 18.1. The largest absolute Gasteiger partial charge is 0.452 e. The molecule has 1 aliphatic rings. The number of urea groups is 1. The monoisotopic (exact) mass is 408 g/mol. The lowest BCUT2D eigenvalue weighted by Crippen LogP contribution is -2.48. The van der Waals surface area contributed by atoms with E-state index >= 15 is 0 Å². The fourth-order valence-electron chi connectivity index (χ4n) is 3.73. The molecule has 1 fully saturated rings. The Balaban J connectivity index is 1.61. The van der Waals surface area contributed by atoms with E-state index in [0.29, 0.717) is 0 Å². The number of rotatable bonds is 6. The Hall–Kier alpha value is -3.15. The molecular formula is C24H28N2O4. The fraction of sp³-hybridized carbons (Fsp3) is 0.375. The van der Waals surface area contributed by atoms with E-state index in [1.807, 2.05) is 60.7 Å². The fourth-order valence-corrected chi connectivity index (χ4v) is 3.73. The number of hydrogen-bond acceptors (Lipinski definition) is 4. The van der Waals surface area contributed by atoms with E-state index in [1.165, 1.54) is 13.3 Å². The second kappa shape index (κ2) is 10.6. The lowest BCUT2D eigenvalue weighted by atomic mass is 9.91. The highest BCUT2D eigenvalue weighted by molar-refractivity contribution is 5.97. The van der Waals surface area contributed by atoms with Crippen LogP contribution in [0.25, 0.3) is 0 Å². The predicted molar refractivity (Wildman–Crippen MR) is 114 cm³/mol. The van der Waals surface area contributed by atoms with Crippen LogP contribution >= 0.6 is 0 Å². The maximum atomic E-state index is 13.0. The van der Waals surface area contributed by atoms with Crippen LogP contribution in [0.2, 0.25) is 0 Å². The molecule has 1 aliphatic carbocycles. The lowest BCUT2D eigenvalue weighted by Gasteiger charge is -2.23. The van der Waals surface area contributed by atoms with Crippen LogP contribution in [0.4, 0.5) is 4.79 Å². The number of esters is 1. The van der Waals surface area contributed by atoms with Crippen molar-refractivity contribution >= 4 is 17.9 Å². The Morgan fingerprint density at radius 1 is 0.867 bits per heavy atom. The van der Waals surface area contributed by atoms with Gasteiger partial charge in [-0.15, -0.1) is 0 Å². The van der Waals surface area contributed by atoms with Crippen molar-refractivity contribution in [2.45, 2.75) is 57.1 Å². The SMILES string of the molecule is C[C@@H](OC(=O)C(c1ccccc1)c1ccccc1)C(=O)NC(=O)NC1CCCCC1. The zero-order valence-corrected chi connectivity index (χ0v) is 17.2. The third-order valence-electron chi connectivity index (χ3n) is 5.34. The molecule has 0 spiro atoms. The highest BCUT2D eigenvalue weighted by atomic mass is 16.5. The van der Waals surface area contributed by atoms with E-state index < -0.39 is 29.9 Å². The standard InChI is InChI=1S/C24H28N2O4/c1-17(22(27)26-24(29)25-20-15-9-4-10-16-20)30-23(28)21(18-11-5-2-6-12-18)19-13-7-3-8-14-19/h2-3,5-8,11-14,17,20-21H,4,9-10,15-16H2,1H3,(H2,25,26,27,29)/t17-/m1/s1. The summed E-state index contributed by atoms with van der Waals surface area (Å²) in [6.07, 6.45) is 4.07. The molecule has 2 aromatic carbocycles. The van der Waals surface area contributed by atoms with Crippen molar-refractivity contribution in [3.05, 3.63) is 71.8 Å². The maximum Gasteiger partial charge on any atom is 0.321 e. The number of benzene rings is 2. The summed E-state index contributed by atoms with van der Waals surface area (Å²) < 4.78 is 5.44. The molecule has 30 heavy (non-hydrogen) atoms. The van der Waals surface area contributed by atoms with Crippen LogP contribution < -0.4 is 10.6 Å². The molecule has 1 atom stereocenters. The lowest BCUT2D eigenvalue weighted by molar-refractivity contribution is -0.155. The number of carbonyl (C=O) groups excluding carboxylic acids is 3. The summed E-state index contributed by atoms with van der Waals surface area (Å²) >= 11 is 0. The van der Waals surface area contributed by atoms with Gasteiger partial charge in [-0.25, -0.2) is 4.79 Å². The third-order valence-corrected chi connectivity index (χ3v) is 5.34. The van der Waals surface area contributed by atoms with E-state index in [9.17, 15) is 14.4 Å². The van der Waals surface area contributed by atoms with Crippen molar-refractivity contribution < 1.29 is 19.1 Å². The molecule has 0 aliphatic heterocycles. The van der Waals surface area contributed by atoms with Gasteiger partial charge < -0.3 is 10.1 Å². The minimum Gasteiger partial charge on any atom is -0.452 e. The van der Waals surface area contributed by atoms with Crippen molar-refractivity contribution in [3.63, 3.8) is 0 Å². The van der Waals surface area contributed by atoms with Gasteiger partial charge in [-0.3, -0.25) is 14.9 Å². The van der Waals surface area contributed by atoms with Gasteiger partial charge in [0.1, 0.15) is 5.92 Å². The molecule has 0 aromatic heterocycles. The van der Waals surface area contributed by atoms with Crippen LogP contribution in [-0.4, -0.2) is 30.1 Å². The highest BCUT2D eigenvalue weighted by Crippen LogP contribution is 2.26. The first kappa shape index (κ1) is 21.6. The molecule has 3 amide bonds. The number of ether oxygens (including phenoxy) is 1. The minimum absolute atomic E-state index is 0.0879. The van der Waals surface area contributed by atoms with Crippen molar-refractivity contribution in [1.29, 1.82) is 0 Å². The summed E-state index contributed by atoms with van der Waals surface area (Å²) in [7, 11) is 0. The number of nitrogens with one attached hydrogen (secondary N) is 2. The summed E-state index contributed by atoms with van der Waals surface area (Å²) in [6.45, 7) is 1.47. The molecule has 6 nitrogen and oxygen atoms in total. The van der Waals surface area contributed by atoms with E-state index in [2.05, 4.69) is 10.6 Å². The normalized spacial score (nSPS) is 15.3. The smallest absolute Gasteiger partial charge is 0.321 e. The molecule has 0 heterocycles. The summed E-state index contributed by atoms with van der Waals surface area (Å²) in [4.78, 5) is 37.4. The number of carbonyl (C=O) groups is 3. The molecule has 0 radical (unpaired) electrons. The molecule has 3 rings (SSSR count). The van der Waals surface area contributed by atoms with Crippen molar-refractivity contribution in [2.24, 2.45) is 0 Å². The maximum absolute atomic E-state index is 13.0. The average molecular weight is 408 g/mol. The molecule has 0 saturated heterocycles. The average Bonchev–Trinajstić information content (AvgIpc) is 2.76. The van der Waals surface area contributed by atoms with Gasteiger partial charge in [0.15, 0.2) is 6.10 Å². The quantitative estimate of drug-likeness (QED) is 0.710. The van der Waals surface area contributed by atoms with E-state index in [0.717, 1.165) is 36.8 Å². The van der Waals surface area contributed by atoms with E-state index in [-0.39, 0.29) is 6.04 Å². The predicted octanol–water partition coefficient (Wildman–Crippen LogP) is 3.91. The van der Waals surface area contributed by atoms with Gasteiger partial charge >= 0.3 is 12.0 Å². The molecule has 1 saturated carbocycles. The van der Waals surface area contributed by atoms with E-state index in [4.69, 9.17) is 4.74 Å². The molecule has 6 heteroatoms. The van der Waals surface area contributed by atoms with Gasteiger partial charge in [-0.1, -0.05) is 79.9 Å². The van der Waals surface area contributed by atoms with Gasteiger partial charge in [0, 0.05) is 6.04 Å². The van der Waals surface area contributed by atoms with Crippen LogP contribution in [0.3, 0.4) is 0 Å².